The molecule has 0 aromatic heterocycles. The van der Waals surface area contributed by atoms with E-state index in [1.165, 1.54) is 0 Å². The van der Waals surface area contributed by atoms with Crippen molar-refractivity contribution in [1.82, 2.24) is 0 Å². The molecule has 44 valence electrons. The predicted octanol–water partition coefficient (Wildman–Crippen LogP) is 1.05. The zero-order chi connectivity index (χ0) is 6.57. The highest BCUT2D eigenvalue weighted by molar-refractivity contribution is 5.93. The fourth-order valence-corrected chi connectivity index (χ4v) is 0.267. The highest BCUT2D eigenvalue weighted by Crippen LogP contribution is 1.88. The van der Waals surface area contributed by atoms with Gasteiger partial charge in [-0.05, 0) is 12.5 Å². The molecule has 0 atom stereocenters. The number of hydrogen-bond donors (Lipinski definition) is 2. The standard InChI is InChI=1S/C6H10N2/c1-3-4-5(2)6(7)8/h3-4H,1H2,2H3,(H3,7,8)/b5-4-. The lowest BCUT2D eigenvalue weighted by Gasteiger charge is -1.90. The van der Waals surface area contributed by atoms with Gasteiger partial charge in [0.25, 0.3) is 0 Å². The Labute approximate surface area is 49.2 Å². The first-order chi connectivity index (χ1) is 3.68. The molecule has 2 nitrogen and oxygen atoms in total. The number of amidine groups is 1. The van der Waals surface area contributed by atoms with Gasteiger partial charge in [0.15, 0.2) is 0 Å². The van der Waals surface area contributed by atoms with Gasteiger partial charge in [0.2, 0.25) is 0 Å². The summed E-state index contributed by atoms with van der Waals surface area (Å²) in [5.41, 5.74) is 5.84. The van der Waals surface area contributed by atoms with Crippen molar-refractivity contribution in [3.8, 4) is 0 Å². The second-order valence-corrected chi connectivity index (χ2v) is 1.50. The van der Waals surface area contributed by atoms with Gasteiger partial charge in [-0.3, -0.25) is 5.41 Å². The van der Waals surface area contributed by atoms with Crippen LogP contribution in [0.1, 0.15) is 6.92 Å². The molecule has 0 aromatic carbocycles. The molecule has 0 unspecified atom stereocenters. The Bertz CT molecular complexity index is 133. The third kappa shape index (κ3) is 2.18. The van der Waals surface area contributed by atoms with E-state index >= 15 is 0 Å². The van der Waals surface area contributed by atoms with Crippen LogP contribution >= 0.6 is 0 Å². The topological polar surface area (TPSA) is 49.9 Å². The van der Waals surface area contributed by atoms with Crippen molar-refractivity contribution >= 4 is 5.84 Å². The van der Waals surface area contributed by atoms with E-state index in [1.54, 1.807) is 19.1 Å². The first-order valence-electron chi connectivity index (χ1n) is 2.32. The van der Waals surface area contributed by atoms with Crippen molar-refractivity contribution in [2.24, 2.45) is 5.73 Å². The number of rotatable bonds is 2. The van der Waals surface area contributed by atoms with E-state index in [4.69, 9.17) is 11.1 Å². The average Bonchev–Trinajstić information content (AvgIpc) is 1.67. The molecule has 0 spiro atoms. The molecular formula is C6H10N2. The van der Waals surface area contributed by atoms with Gasteiger partial charge < -0.3 is 5.73 Å². The Morgan fingerprint density at radius 3 is 2.38 bits per heavy atom. The van der Waals surface area contributed by atoms with Gasteiger partial charge in [0.05, 0.1) is 0 Å². The third-order valence-corrected chi connectivity index (χ3v) is 0.793. The van der Waals surface area contributed by atoms with E-state index < -0.39 is 0 Å². The molecule has 0 aliphatic carbocycles. The summed E-state index contributed by atoms with van der Waals surface area (Å²) in [7, 11) is 0. The van der Waals surface area contributed by atoms with Crippen LogP contribution in [-0.2, 0) is 0 Å². The highest BCUT2D eigenvalue weighted by atomic mass is 14.7. The van der Waals surface area contributed by atoms with Crippen LogP contribution in [0.15, 0.2) is 24.3 Å². The monoisotopic (exact) mass is 110 g/mol. The number of allylic oxidation sites excluding steroid dienone is 2. The summed E-state index contributed by atoms with van der Waals surface area (Å²) in [5, 5.41) is 6.87. The molecule has 8 heavy (non-hydrogen) atoms. The second-order valence-electron chi connectivity index (χ2n) is 1.50. The molecule has 0 saturated carbocycles. The van der Waals surface area contributed by atoms with E-state index in [1.807, 2.05) is 0 Å². The van der Waals surface area contributed by atoms with E-state index in [-0.39, 0.29) is 5.84 Å². The van der Waals surface area contributed by atoms with E-state index in [2.05, 4.69) is 6.58 Å². The number of nitrogens with one attached hydrogen (secondary N) is 1. The van der Waals surface area contributed by atoms with Crippen LogP contribution in [0.5, 0.6) is 0 Å². The van der Waals surface area contributed by atoms with Crippen molar-refractivity contribution in [2.45, 2.75) is 6.92 Å². The van der Waals surface area contributed by atoms with Crippen LogP contribution in [-0.4, -0.2) is 5.84 Å². The summed E-state index contributed by atoms with van der Waals surface area (Å²) in [6.07, 6.45) is 3.30. The summed E-state index contributed by atoms with van der Waals surface area (Å²) in [6, 6.07) is 0. The molecule has 0 amide bonds. The van der Waals surface area contributed by atoms with E-state index in [9.17, 15) is 0 Å². The molecule has 0 aromatic rings. The van der Waals surface area contributed by atoms with E-state index in [0.717, 1.165) is 5.57 Å². The van der Waals surface area contributed by atoms with Crippen LogP contribution in [0.25, 0.3) is 0 Å². The van der Waals surface area contributed by atoms with Crippen LogP contribution in [0.2, 0.25) is 0 Å². The van der Waals surface area contributed by atoms with Gasteiger partial charge in [-0.1, -0.05) is 18.7 Å². The average molecular weight is 110 g/mol. The van der Waals surface area contributed by atoms with Crippen LogP contribution in [0, 0.1) is 5.41 Å². The summed E-state index contributed by atoms with van der Waals surface area (Å²) in [4.78, 5) is 0. The number of hydrogen-bond acceptors (Lipinski definition) is 1. The molecule has 0 heterocycles. The highest BCUT2D eigenvalue weighted by Gasteiger charge is 1.86. The molecule has 0 aliphatic heterocycles. The molecule has 0 aliphatic rings. The minimum absolute atomic E-state index is 0.102. The summed E-state index contributed by atoms with van der Waals surface area (Å²) < 4.78 is 0. The minimum Gasteiger partial charge on any atom is -0.384 e. The van der Waals surface area contributed by atoms with Gasteiger partial charge in [-0.2, -0.15) is 0 Å². The van der Waals surface area contributed by atoms with Crippen molar-refractivity contribution in [1.29, 1.82) is 5.41 Å². The zero-order valence-electron chi connectivity index (χ0n) is 4.94. The third-order valence-electron chi connectivity index (χ3n) is 0.793. The van der Waals surface area contributed by atoms with Crippen LogP contribution in [0.4, 0.5) is 0 Å². The Morgan fingerprint density at radius 2 is 2.25 bits per heavy atom. The first kappa shape index (κ1) is 6.95. The van der Waals surface area contributed by atoms with Gasteiger partial charge in [0.1, 0.15) is 5.84 Å². The molecule has 0 radical (unpaired) electrons. The molecule has 0 saturated heterocycles. The molecule has 0 bridgehead atoms. The van der Waals surface area contributed by atoms with Gasteiger partial charge in [0, 0.05) is 0 Å². The van der Waals surface area contributed by atoms with Crippen molar-refractivity contribution in [3.05, 3.63) is 24.3 Å². The maximum Gasteiger partial charge on any atom is 0.118 e. The normalized spacial score (nSPS) is 10.9. The Balaban J connectivity index is 3.99. The smallest absolute Gasteiger partial charge is 0.118 e. The Hall–Kier alpha value is -1.05. The Morgan fingerprint density at radius 1 is 1.75 bits per heavy atom. The fourth-order valence-electron chi connectivity index (χ4n) is 0.267. The van der Waals surface area contributed by atoms with Crippen LogP contribution in [0.3, 0.4) is 0 Å². The number of nitrogens with two attached hydrogens (primary N) is 1. The quantitative estimate of drug-likeness (QED) is 0.311. The summed E-state index contributed by atoms with van der Waals surface area (Å²) >= 11 is 0. The lowest BCUT2D eigenvalue weighted by atomic mass is 10.3. The first-order valence-corrected chi connectivity index (χ1v) is 2.32. The SMILES string of the molecule is C=C/C=C(/C)C(=N)N. The minimum atomic E-state index is 0.102. The largest absolute Gasteiger partial charge is 0.384 e. The van der Waals surface area contributed by atoms with Crippen molar-refractivity contribution in [3.63, 3.8) is 0 Å². The molecule has 0 fully saturated rings. The maximum absolute atomic E-state index is 6.87. The predicted molar refractivity (Wildman–Crippen MR) is 35.9 cm³/mol. The van der Waals surface area contributed by atoms with Gasteiger partial charge in [-0.25, -0.2) is 0 Å². The lowest BCUT2D eigenvalue weighted by Crippen LogP contribution is -2.09. The van der Waals surface area contributed by atoms with Gasteiger partial charge >= 0.3 is 0 Å². The lowest BCUT2D eigenvalue weighted by molar-refractivity contribution is 1.39. The molecule has 2 heteroatoms. The summed E-state index contributed by atoms with van der Waals surface area (Å²) in [6.45, 7) is 5.22. The molecular weight excluding hydrogens is 100 g/mol. The summed E-state index contributed by atoms with van der Waals surface area (Å²) in [5.74, 6) is 0.102. The van der Waals surface area contributed by atoms with Crippen molar-refractivity contribution in [2.75, 3.05) is 0 Å². The zero-order valence-corrected chi connectivity index (χ0v) is 4.94. The molecule has 0 rings (SSSR count). The van der Waals surface area contributed by atoms with Gasteiger partial charge in [-0.15, -0.1) is 0 Å². The van der Waals surface area contributed by atoms with E-state index in [0.29, 0.717) is 0 Å². The van der Waals surface area contributed by atoms with Crippen molar-refractivity contribution < 1.29 is 0 Å². The maximum atomic E-state index is 6.87. The fraction of sp³-hybridized carbons (Fsp3) is 0.167. The second kappa shape index (κ2) is 3.02. The molecule has 3 N–H and O–H groups in total. The van der Waals surface area contributed by atoms with Crippen LogP contribution < -0.4 is 5.73 Å². The Kier molecular flexibility index (Phi) is 2.62.